The molecule has 1 unspecified atom stereocenters. The van der Waals surface area contributed by atoms with Gasteiger partial charge < -0.3 is 29.1 Å². The van der Waals surface area contributed by atoms with Crippen LogP contribution in [0, 0.1) is 0 Å². The van der Waals surface area contributed by atoms with Crippen LogP contribution in [0.5, 0.6) is 11.5 Å². The van der Waals surface area contributed by atoms with Gasteiger partial charge in [-0.25, -0.2) is 4.79 Å². The Balaban J connectivity index is 2.13. The minimum atomic E-state index is -0.833. The molecule has 1 atom stereocenters. The molecule has 0 aliphatic carbocycles. The first-order chi connectivity index (χ1) is 17.3. The smallest absolute Gasteiger partial charge is 0.337 e. The second-order valence-electron chi connectivity index (χ2n) is 8.20. The van der Waals surface area contributed by atoms with Crippen LogP contribution in [0.25, 0.3) is 5.76 Å². The summed E-state index contributed by atoms with van der Waals surface area (Å²) in [6, 6.07) is 10.4. The third-order valence-electron chi connectivity index (χ3n) is 6.40. The van der Waals surface area contributed by atoms with Crippen molar-refractivity contribution < 1.29 is 33.7 Å². The van der Waals surface area contributed by atoms with E-state index in [0.29, 0.717) is 41.3 Å². The average molecular weight is 497 g/mol. The van der Waals surface area contributed by atoms with Gasteiger partial charge in [0.05, 0.1) is 38.5 Å². The summed E-state index contributed by atoms with van der Waals surface area (Å²) in [7, 11) is 4.26. The van der Waals surface area contributed by atoms with E-state index in [0.717, 1.165) is 13.1 Å². The van der Waals surface area contributed by atoms with Gasteiger partial charge in [0.2, 0.25) is 0 Å². The molecule has 2 aromatic carbocycles. The third kappa shape index (κ3) is 5.21. The Kier molecular flexibility index (Phi) is 8.71. The zero-order chi connectivity index (χ0) is 26.4. The van der Waals surface area contributed by atoms with Crippen LogP contribution in [0.2, 0.25) is 0 Å². The van der Waals surface area contributed by atoms with Gasteiger partial charge in [0.25, 0.3) is 11.7 Å². The Labute approximate surface area is 210 Å². The molecule has 3 rings (SSSR count). The molecule has 36 heavy (non-hydrogen) atoms. The lowest BCUT2D eigenvalue weighted by Gasteiger charge is -2.28. The molecule has 0 radical (unpaired) electrons. The van der Waals surface area contributed by atoms with Crippen molar-refractivity contribution in [1.82, 2.24) is 9.80 Å². The van der Waals surface area contributed by atoms with E-state index in [9.17, 15) is 19.5 Å². The molecule has 1 aliphatic heterocycles. The number of likely N-dealkylation sites (N-methyl/N-ethyl adjacent to an activating group) is 1. The first-order valence-corrected chi connectivity index (χ1v) is 11.7. The van der Waals surface area contributed by atoms with Gasteiger partial charge in [0.15, 0.2) is 11.5 Å². The summed E-state index contributed by atoms with van der Waals surface area (Å²) >= 11 is 0. The van der Waals surface area contributed by atoms with Crippen LogP contribution in [0.4, 0.5) is 0 Å². The maximum absolute atomic E-state index is 13.2. The topological polar surface area (TPSA) is 106 Å². The minimum Gasteiger partial charge on any atom is -0.507 e. The molecule has 0 bridgehead atoms. The summed E-state index contributed by atoms with van der Waals surface area (Å²) in [5.74, 6) is -1.45. The monoisotopic (exact) mass is 496 g/mol. The Morgan fingerprint density at radius 3 is 2.11 bits per heavy atom. The predicted molar refractivity (Wildman–Crippen MR) is 134 cm³/mol. The zero-order valence-electron chi connectivity index (χ0n) is 21.2. The highest BCUT2D eigenvalue weighted by atomic mass is 16.5. The molecule has 9 heteroatoms. The second kappa shape index (κ2) is 11.7. The SMILES string of the molecule is CCN(CC)CCN1C(=O)C(=O)/C(=C(/O)c2ccc(OC)c(OC)c2)C1c1ccc(C(=O)OC)cc1. The van der Waals surface area contributed by atoms with Crippen molar-refractivity contribution in [3.8, 4) is 11.5 Å². The summed E-state index contributed by atoms with van der Waals surface area (Å²) in [5, 5.41) is 11.3. The number of carbonyl (C=O) groups is 3. The molecule has 1 amide bonds. The van der Waals surface area contributed by atoms with Crippen molar-refractivity contribution in [2.45, 2.75) is 19.9 Å². The number of hydrogen-bond donors (Lipinski definition) is 1. The molecule has 2 aromatic rings. The first kappa shape index (κ1) is 26.7. The fraction of sp³-hybridized carbons (Fsp3) is 0.370. The molecule has 192 valence electrons. The highest BCUT2D eigenvalue weighted by Gasteiger charge is 2.46. The van der Waals surface area contributed by atoms with Crippen LogP contribution in [0.15, 0.2) is 48.0 Å². The van der Waals surface area contributed by atoms with Gasteiger partial charge in [-0.15, -0.1) is 0 Å². The van der Waals surface area contributed by atoms with Gasteiger partial charge in [-0.2, -0.15) is 0 Å². The number of carbonyl (C=O) groups excluding carboxylic acids is 3. The van der Waals surface area contributed by atoms with Crippen molar-refractivity contribution in [2.24, 2.45) is 0 Å². The normalized spacial score (nSPS) is 16.9. The number of nitrogens with zero attached hydrogens (tertiary/aromatic N) is 2. The Hall–Kier alpha value is -3.85. The average Bonchev–Trinajstić information content (AvgIpc) is 3.17. The Morgan fingerprint density at radius 1 is 0.944 bits per heavy atom. The molecular weight excluding hydrogens is 464 g/mol. The lowest BCUT2D eigenvalue weighted by molar-refractivity contribution is -0.140. The fourth-order valence-corrected chi connectivity index (χ4v) is 4.30. The highest BCUT2D eigenvalue weighted by Crippen LogP contribution is 2.40. The summed E-state index contributed by atoms with van der Waals surface area (Å²) in [5.41, 5.74) is 1.20. The van der Waals surface area contributed by atoms with Crippen molar-refractivity contribution >= 4 is 23.4 Å². The molecule has 1 saturated heterocycles. The largest absolute Gasteiger partial charge is 0.507 e. The van der Waals surface area contributed by atoms with E-state index in [1.54, 1.807) is 42.5 Å². The van der Waals surface area contributed by atoms with E-state index in [1.807, 2.05) is 13.8 Å². The Bertz CT molecular complexity index is 1150. The van der Waals surface area contributed by atoms with Gasteiger partial charge in [0.1, 0.15) is 5.76 Å². The van der Waals surface area contributed by atoms with Crippen LogP contribution >= 0.6 is 0 Å². The van der Waals surface area contributed by atoms with Gasteiger partial charge in [-0.3, -0.25) is 9.59 Å². The first-order valence-electron chi connectivity index (χ1n) is 11.7. The number of ketones is 1. The van der Waals surface area contributed by atoms with Crippen molar-refractivity contribution in [2.75, 3.05) is 47.5 Å². The van der Waals surface area contributed by atoms with E-state index in [2.05, 4.69) is 4.90 Å². The highest BCUT2D eigenvalue weighted by molar-refractivity contribution is 6.46. The van der Waals surface area contributed by atoms with E-state index in [-0.39, 0.29) is 11.3 Å². The number of ether oxygens (including phenoxy) is 3. The summed E-state index contributed by atoms with van der Waals surface area (Å²) in [6.07, 6.45) is 0. The maximum Gasteiger partial charge on any atom is 0.337 e. The van der Waals surface area contributed by atoms with Gasteiger partial charge >= 0.3 is 5.97 Å². The van der Waals surface area contributed by atoms with Crippen LogP contribution in [0.3, 0.4) is 0 Å². The van der Waals surface area contributed by atoms with Crippen molar-refractivity contribution in [1.29, 1.82) is 0 Å². The number of benzene rings is 2. The minimum absolute atomic E-state index is 0.0300. The van der Waals surface area contributed by atoms with E-state index in [4.69, 9.17) is 14.2 Å². The van der Waals surface area contributed by atoms with Gasteiger partial charge in [-0.1, -0.05) is 26.0 Å². The number of amides is 1. The van der Waals surface area contributed by atoms with E-state index < -0.39 is 23.7 Å². The number of likely N-dealkylation sites (tertiary alicyclic amines) is 1. The van der Waals surface area contributed by atoms with Gasteiger partial charge in [-0.05, 0) is 49.0 Å². The summed E-state index contributed by atoms with van der Waals surface area (Å²) < 4.78 is 15.4. The molecule has 0 aromatic heterocycles. The number of aliphatic hydroxyl groups excluding tert-OH is 1. The lowest BCUT2D eigenvalue weighted by Crippen LogP contribution is -2.38. The fourth-order valence-electron chi connectivity index (χ4n) is 4.30. The van der Waals surface area contributed by atoms with Crippen LogP contribution in [0.1, 0.15) is 41.4 Å². The Morgan fingerprint density at radius 2 is 1.56 bits per heavy atom. The van der Waals surface area contributed by atoms with Crippen molar-refractivity contribution in [3.05, 3.63) is 64.7 Å². The number of esters is 1. The van der Waals surface area contributed by atoms with Crippen LogP contribution in [-0.4, -0.2) is 80.1 Å². The number of rotatable bonds is 10. The predicted octanol–water partition coefficient (Wildman–Crippen LogP) is 3.25. The number of methoxy groups -OCH3 is 3. The molecule has 9 nitrogen and oxygen atoms in total. The number of Topliss-reactive ketones (excluding diaryl/α,β-unsaturated/α-hetero) is 1. The third-order valence-corrected chi connectivity index (χ3v) is 6.40. The van der Waals surface area contributed by atoms with E-state index in [1.165, 1.54) is 26.2 Å². The zero-order valence-corrected chi connectivity index (χ0v) is 21.2. The number of hydrogen-bond acceptors (Lipinski definition) is 8. The summed E-state index contributed by atoms with van der Waals surface area (Å²) in [6.45, 7) is 6.50. The molecule has 1 fully saturated rings. The van der Waals surface area contributed by atoms with Crippen LogP contribution < -0.4 is 9.47 Å². The standard InChI is InChI=1S/C27H32N2O7/c1-6-28(7-2)14-15-29-23(17-8-10-18(11-9-17)27(33)36-5)22(25(31)26(29)32)24(30)19-12-13-20(34-3)21(16-19)35-4/h8-13,16,23,30H,6-7,14-15H2,1-5H3/b24-22+. The second-order valence-corrected chi connectivity index (χ2v) is 8.20. The molecule has 1 N–H and O–H groups in total. The molecule has 1 aliphatic rings. The van der Waals surface area contributed by atoms with Crippen molar-refractivity contribution in [3.63, 3.8) is 0 Å². The maximum atomic E-state index is 13.2. The lowest BCUT2D eigenvalue weighted by atomic mass is 9.94. The van der Waals surface area contributed by atoms with E-state index >= 15 is 0 Å². The molecular formula is C27H32N2O7. The summed E-state index contributed by atoms with van der Waals surface area (Å²) in [4.78, 5) is 41.9. The quantitative estimate of drug-likeness (QED) is 0.231. The number of aliphatic hydroxyl groups is 1. The van der Waals surface area contributed by atoms with Crippen LogP contribution in [-0.2, 0) is 14.3 Å². The molecule has 0 spiro atoms. The van der Waals surface area contributed by atoms with Gasteiger partial charge in [0, 0.05) is 18.7 Å². The molecule has 1 heterocycles. The molecule has 0 saturated carbocycles.